The van der Waals surface area contributed by atoms with Gasteiger partial charge in [-0.2, -0.15) is 13.2 Å². The number of halogens is 4. The van der Waals surface area contributed by atoms with Crippen molar-refractivity contribution in [3.8, 4) is 17.6 Å². The molecule has 2 amide bonds. The molecule has 1 aliphatic heterocycles. The zero-order chi connectivity index (χ0) is 35.6. The number of piperidine rings is 1. The van der Waals surface area contributed by atoms with Crippen molar-refractivity contribution in [1.82, 2.24) is 19.8 Å². The maximum absolute atomic E-state index is 14.5. The Morgan fingerprint density at radius 3 is 2.46 bits per heavy atom. The van der Waals surface area contributed by atoms with Gasteiger partial charge < -0.3 is 29.6 Å². The monoisotopic (exact) mass is 695 g/mol. The molecule has 2 aromatic carbocycles. The molecule has 1 fully saturated rings. The lowest BCUT2D eigenvalue weighted by atomic mass is 9.98. The van der Waals surface area contributed by atoms with Crippen LogP contribution in [0.15, 0.2) is 35.5 Å². The topological polar surface area (TPSA) is 132 Å². The van der Waals surface area contributed by atoms with Gasteiger partial charge in [0.2, 0.25) is 0 Å². The van der Waals surface area contributed by atoms with Crippen LogP contribution in [0.3, 0.4) is 0 Å². The van der Waals surface area contributed by atoms with E-state index in [2.05, 4.69) is 27.5 Å². The first kappa shape index (κ1) is 36.3. The first-order valence-corrected chi connectivity index (χ1v) is 16.8. The number of methoxy groups -OCH3 is 1. The van der Waals surface area contributed by atoms with Crippen molar-refractivity contribution in [2.75, 3.05) is 31.8 Å². The summed E-state index contributed by atoms with van der Waals surface area (Å²) in [4.78, 5) is 31.3. The van der Waals surface area contributed by atoms with Crippen molar-refractivity contribution in [1.29, 1.82) is 0 Å². The van der Waals surface area contributed by atoms with E-state index in [4.69, 9.17) is 9.47 Å². The average Bonchev–Trinajstić information content (AvgIpc) is 3.34. The molecule has 2 unspecified atom stereocenters. The van der Waals surface area contributed by atoms with E-state index < -0.39 is 50.9 Å². The fourth-order valence-corrected chi connectivity index (χ4v) is 6.03. The van der Waals surface area contributed by atoms with Gasteiger partial charge in [0.25, 0.3) is 5.91 Å². The second-order valence-electron chi connectivity index (χ2n) is 12.5. The van der Waals surface area contributed by atoms with Gasteiger partial charge in [-0.25, -0.2) is 22.6 Å². The standard InChI is InChI=1S/C32H37F4N5O6S/c1-19-12-21(9-11-41(19)30(43)47-31(2,3)4)39-29(42)22-13-20(14-25-28(22)38-18-40(25)17-32(34,35)36)8-7-10-37-24-15-23(33)27(48(6,44)45)16-26(24)46-5/h13-16,18-19,21,37H,9-12,17H2,1-6H3,(H,39,42). The van der Waals surface area contributed by atoms with Crippen LogP contribution in [0.1, 0.15) is 56.5 Å². The molecule has 1 saturated heterocycles. The van der Waals surface area contributed by atoms with Gasteiger partial charge in [0, 0.05) is 42.6 Å². The Kier molecular flexibility index (Phi) is 10.5. The summed E-state index contributed by atoms with van der Waals surface area (Å²) in [5.41, 5.74) is -0.188. The summed E-state index contributed by atoms with van der Waals surface area (Å²) in [7, 11) is -2.56. The molecule has 2 atom stereocenters. The maximum Gasteiger partial charge on any atom is 0.410 e. The van der Waals surface area contributed by atoms with Gasteiger partial charge >= 0.3 is 12.3 Å². The number of hydrogen-bond acceptors (Lipinski definition) is 8. The minimum absolute atomic E-state index is 0.0213. The average molecular weight is 696 g/mol. The highest BCUT2D eigenvalue weighted by Gasteiger charge is 2.33. The smallest absolute Gasteiger partial charge is 0.410 e. The van der Waals surface area contributed by atoms with E-state index in [1.54, 1.807) is 25.7 Å². The SMILES string of the molecule is COc1cc(S(C)(=O)=O)c(F)cc1NCC#Cc1cc(C(=O)NC2CCN(C(=O)OC(C)(C)C)C(C)C2)c2ncn(CC(F)(F)F)c2c1. The van der Waals surface area contributed by atoms with Gasteiger partial charge in [-0.05, 0) is 52.7 Å². The normalized spacial score (nSPS) is 17.0. The number of ether oxygens (including phenoxy) is 2. The Balaban J connectivity index is 1.57. The number of likely N-dealkylation sites (tertiary alicyclic amines) is 1. The highest BCUT2D eigenvalue weighted by atomic mass is 32.2. The Morgan fingerprint density at radius 1 is 1.15 bits per heavy atom. The molecule has 1 aromatic heterocycles. The molecule has 2 heterocycles. The number of aromatic nitrogens is 2. The van der Waals surface area contributed by atoms with Crippen molar-refractivity contribution in [3.05, 3.63) is 47.5 Å². The van der Waals surface area contributed by atoms with Crippen LogP contribution in [0.4, 0.5) is 28.0 Å². The highest BCUT2D eigenvalue weighted by Crippen LogP contribution is 2.30. The number of sulfone groups is 1. The Morgan fingerprint density at radius 2 is 1.85 bits per heavy atom. The number of alkyl halides is 3. The van der Waals surface area contributed by atoms with Crippen molar-refractivity contribution in [2.45, 2.75) is 75.8 Å². The number of hydrogen-bond donors (Lipinski definition) is 2. The largest absolute Gasteiger partial charge is 0.495 e. The van der Waals surface area contributed by atoms with E-state index in [9.17, 15) is 35.6 Å². The van der Waals surface area contributed by atoms with Crippen LogP contribution in [0.2, 0.25) is 0 Å². The van der Waals surface area contributed by atoms with E-state index in [1.807, 2.05) is 6.92 Å². The molecule has 0 spiro atoms. The summed E-state index contributed by atoms with van der Waals surface area (Å²) in [6, 6.07) is 4.24. The number of carbonyl (C=O) groups excluding carboxylic acids is 2. The lowest BCUT2D eigenvalue weighted by Crippen LogP contribution is -2.52. The third-order valence-electron chi connectivity index (χ3n) is 7.41. The van der Waals surface area contributed by atoms with Crippen LogP contribution in [0.25, 0.3) is 11.0 Å². The summed E-state index contributed by atoms with van der Waals surface area (Å²) < 4.78 is 89.8. The van der Waals surface area contributed by atoms with E-state index in [0.29, 0.717) is 19.4 Å². The molecular weight excluding hydrogens is 658 g/mol. The van der Waals surface area contributed by atoms with Crippen LogP contribution >= 0.6 is 0 Å². The van der Waals surface area contributed by atoms with Gasteiger partial charge in [-0.3, -0.25) is 4.79 Å². The summed E-state index contributed by atoms with van der Waals surface area (Å²) in [6.45, 7) is 6.06. The number of nitrogens with one attached hydrogen (secondary N) is 2. The predicted octanol–water partition coefficient (Wildman–Crippen LogP) is 5.13. The molecule has 0 saturated carbocycles. The molecule has 0 bridgehead atoms. The van der Waals surface area contributed by atoms with Crippen LogP contribution in [0, 0.1) is 17.7 Å². The molecule has 48 heavy (non-hydrogen) atoms. The summed E-state index contributed by atoms with van der Waals surface area (Å²) in [5.74, 6) is 4.11. The molecule has 3 aromatic rings. The highest BCUT2D eigenvalue weighted by molar-refractivity contribution is 7.90. The number of fused-ring (bicyclic) bond motifs is 1. The number of anilines is 1. The quantitative estimate of drug-likeness (QED) is 0.257. The molecule has 4 rings (SSSR count). The molecule has 2 N–H and O–H groups in total. The van der Waals surface area contributed by atoms with Gasteiger partial charge in [0.15, 0.2) is 9.84 Å². The summed E-state index contributed by atoms with van der Waals surface area (Å²) >= 11 is 0. The van der Waals surface area contributed by atoms with Crippen LogP contribution in [0.5, 0.6) is 5.75 Å². The second kappa shape index (κ2) is 13.9. The second-order valence-corrected chi connectivity index (χ2v) is 14.5. The molecule has 11 nitrogen and oxygen atoms in total. The van der Waals surface area contributed by atoms with E-state index in [0.717, 1.165) is 29.3 Å². The molecule has 16 heteroatoms. The van der Waals surface area contributed by atoms with Crippen molar-refractivity contribution >= 4 is 38.6 Å². The zero-order valence-electron chi connectivity index (χ0n) is 27.3. The first-order valence-electron chi connectivity index (χ1n) is 14.9. The van der Waals surface area contributed by atoms with Gasteiger partial charge in [-0.1, -0.05) is 11.8 Å². The number of amides is 2. The van der Waals surface area contributed by atoms with Crippen LogP contribution in [-0.4, -0.2) is 85.2 Å². The fraction of sp³-hybridized carbons (Fsp3) is 0.469. The van der Waals surface area contributed by atoms with E-state index in [-0.39, 0.29) is 52.2 Å². The Bertz CT molecular complexity index is 1880. The van der Waals surface area contributed by atoms with Crippen molar-refractivity contribution < 1.29 is 45.0 Å². The van der Waals surface area contributed by atoms with Gasteiger partial charge in [0.05, 0.1) is 36.7 Å². The number of rotatable bonds is 7. The minimum atomic E-state index is -4.55. The minimum Gasteiger partial charge on any atom is -0.495 e. The van der Waals surface area contributed by atoms with Crippen molar-refractivity contribution in [3.63, 3.8) is 0 Å². The van der Waals surface area contributed by atoms with Crippen molar-refractivity contribution in [2.24, 2.45) is 0 Å². The van der Waals surface area contributed by atoms with Gasteiger partial charge in [0.1, 0.15) is 34.1 Å². The Labute approximate surface area is 275 Å². The molecule has 0 aliphatic carbocycles. The lowest BCUT2D eigenvalue weighted by Gasteiger charge is -2.38. The maximum atomic E-state index is 14.5. The lowest BCUT2D eigenvalue weighted by molar-refractivity contribution is -0.140. The van der Waals surface area contributed by atoms with Gasteiger partial charge in [-0.15, -0.1) is 0 Å². The summed E-state index contributed by atoms with van der Waals surface area (Å²) in [5, 5.41) is 5.76. The first-order chi connectivity index (χ1) is 22.3. The summed E-state index contributed by atoms with van der Waals surface area (Å²) in [6.07, 6.45) is -2.27. The third kappa shape index (κ3) is 9.09. The number of nitrogens with zero attached hydrogens (tertiary/aromatic N) is 3. The molecule has 260 valence electrons. The fourth-order valence-electron chi connectivity index (χ4n) is 5.30. The Hall–Kier alpha value is -4.52. The number of carbonyl (C=O) groups is 2. The van der Waals surface area contributed by atoms with Crippen LogP contribution < -0.4 is 15.4 Å². The predicted molar refractivity (Wildman–Crippen MR) is 170 cm³/mol. The van der Waals surface area contributed by atoms with E-state index in [1.165, 1.54) is 19.2 Å². The third-order valence-corrected chi connectivity index (χ3v) is 8.52. The molecular formula is C32H37F4N5O6S. The van der Waals surface area contributed by atoms with Crippen LogP contribution in [-0.2, 0) is 21.1 Å². The molecule has 1 aliphatic rings. The molecule has 0 radical (unpaired) electrons. The number of imidazole rings is 1. The number of benzene rings is 2. The van der Waals surface area contributed by atoms with E-state index >= 15 is 0 Å². The zero-order valence-corrected chi connectivity index (χ0v) is 28.1.